The highest BCUT2D eigenvalue weighted by atomic mass is 32.1. The molecule has 0 amide bonds. The molecule has 0 unspecified atom stereocenters. The maximum absolute atomic E-state index is 13.6. The van der Waals surface area contributed by atoms with Crippen LogP contribution in [0.15, 0.2) is 63.5 Å². The predicted molar refractivity (Wildman–Crippen MR) is 129 cm³/mol. The molecule has 4 rings (SSSR count). The van der Waals surface area contributed by atoms with E-state index in [2.05, 4.69) is 4.99 Å². The Hall–Kier alpha value is -3.45. The number of rotatable bonds is 5. The molecular weight excluding hydrogens is 436 g/mol. The lowest BCUT2D eigenvalue weighted by atomic mass is 9.95. The van der Waals surface area contributed by atoms with E-state index >= 15 is 0 Å². The number of carbonyl (C=O) groups excluding carboxylic acids is 1. The van der Waals surface area contributed by atoms with Gasteiger partial charge < -0.3 is 9.47 Å². The van der Waals surface area contributed by atoms with E-state index in [1.807, 2.05) is 62.4 Å². The number of hydrogen-bond donors (Lipinski definition) is 0. The molecule has 33 heavy (non-hydrogen) atoms. The second-order valence-electron chi connectivity index (χ2n) is 7.94. The Morgan fingerprint density at radius 2 is 1.88 bits per heavy atom. The van der Waals surface area contributed by atoms with Gasteiger partial charge in [-0.2, -0.15) is 0 Å². The number of thiazole rings is 1. The number of ether oxygens (including phenoxy) is 2. The van der Waals surface area contributed by atoms with Gasteiger partial charge in [0.2, 0.25) is 0 Å². The number of carbonyl (C=O) groups is 1. The van der Waals surface area contributed by atoms with E-state index in [-0.39, 0.29) is 12.2 Å². The summed E-state index contributed by atoms with van der Waals surface area (Å²) in [7, 11) is 1.63. The van der Waals surface area contributed by atoms with Gasteiger partial charge in [-0.1, -0.05) is 47.2 Å². The van der Waals surface area contributed by atoms with E-state index in [1.54, 1.807) is 25.5 Å². The summed E-state index contributed by atoms with van der Waals surface area (Å²) in [5.41, 5.74) is 4.63. The van der Waals surface area contributed by atoms with Crippen molar-refractivity contribution in [1.29, 1.82) is 0 Å². The third-order valence-electron chi connectivity index (χ3n) is 5.67. The van der Waals surface area contributed by atoms with Crippen molar-refractivity contribution in [1.82, 2.24) is 4.57 Å². The van der Waals surface area contributed by atoms with E-state index in [0.29, 0.717) is 20.6 Å². The molecule has 0 N–H and O–H groups in total. The van der Waals surface area contributed by atoms with Crippen molar-refractivity contribution in [3.05, 3.63) is 95.7 Å². The molecule has 0 bridgehead atoms. The van der Waals surface area contributed by atoms with Crippen molar-refractivity contribution in [3.8, 4) is 5.75 Å². The second-order valence-corrected chi connectivity index (χ2v) is 8.94. The highest BCUT2D eigenvalue weighted by Gasteiger charge is 2.33. The van der Waals surface area contributed by atoms with Crippen LogP contribution in [0.2, 0.25) is 0 Å². The van der Waals surface area contributed by atoms with Crippen LogP contribution < -0.4 is 19.6 Å². The smallest absolute Gasteiger partial charge is 0.338 e. The Balaban J connectivity index is 1.94. The molecule has 1 atom stereocenters. The van der Waals surface area contributed by atoms with Crippen molar-refractivity contribution >= 4 is 23.4 Å². The Morgan fingerprint density at radius 1 is 1.15 bits per heavy atom. The van der Waals surface area contributed by atoms with Crippen LogP contribution in [-0.2, 0) is 9.53 Å². The first kappa shape index (κ1) is 22.7. The van der Waals surface area contributed by atoms with E-state index in [4.69, 9.17) is 9.47 Å². The lowest BCUT2D eigenvalue weighted by Gasteiger charge is -2.24. The average Bonchev–Trinajstić information content (AvgIpc) is 3.09. The zero-order valence-electron chi connectivity index (χ0n) is 19.3. The van der Waals surface area contributed by atoms with Gasteiger partial charge in [-0.3, -0.25) is 9.36 Å². The van der Waals surface area contributed by atoms with Crippen LogP contribution in [0.3, 0.4) is 0 Å². The molecule has 1 aromatic heterocycles. The van der Waals surface area contributed by atoms with Gasteiger partial charge in [-0.25, -0.2) is 9.79 Å². The maximum atomic E-state index is 13.6. The standard InChI is InChI=1S/C26H26N2O4S/c1-6-32-25(30)22-17(4)27-26-28(23(22)18-9-7-15(2)8-10-18)24(29)21(33-26)14-19-11-12-20(31-5)13-16(19)3/h7-14,23H,6H2,1-5H3/b21-14+/t23-/m0/s1. The summed E-state index contributed by atoms with van der Waals surface area (Å²) in [5, 5.41) is 0. The molecule has 0 saturated heterocycles. The summed E-state index contributed by atoms with van der Waals surface area (Å²) in [4.78, 5) is 31.7. The molecule has 0 aliphatic carbocycles. The number of nitrogens with zero attached hydrogens (tertiary/aromatic N) is 2. The zero-order valence-corrected chi connectivity index (χ0v) is 20.2. The number of aromatic nitrogens is 1. The van der Waals surface area contributed by atoms with Gasteiger partial charge in [0, 0.05) is 0 Å². The third-order valence-corrected chi connectivity index (χ3v) is 6.66. The van der Waals surface area contributed by atoms with E-state index in [1.165, 1.54) is 11.3 Å². The minimum atomic E-state index is -0.597. The number of esters is 1. The normalized spacial score (nSPS) is 15.8. The van der Waals surface area contributed by atoms with Crippen LogP contribution in [0.1, 0.15) is 42.1 Å². The number of methoxy groups -OCH3 is 1. The minimum absolute atomic E-state index is 0.186. The third kappa shape index (κ3) is 4.28. The fourth-order valence-corrected chi connectivity index (χ4v) is 4.97. The molecular formula is C26H26N2O4S. The van der Waals surface area contributed by atoms with E-state index in [9.17, 15) is 9.59 Å². The lowest BCUT2D eigenvalue weighted by molar-refractivity contribution is -0.139. The largest absolute Gasteiger partial charge is 0.497 e. The zero-order chi connectivity index (χ0) is 23.7. The number of aryl methyl sites for hydroxylation is 2. The monoisotopic (exact) mass is 462 g/mol. The van der Waals surface area contributed by atoms with Crippen molar-refractivity contribution in [2.24, 2.45) is 4.99 Å². The van der Waals surface area contributed by atoms with Crippen molar-refractivity contribution in [2.45, 2.75) is 33.7 Å². The molecule has 2 heterocycles. The van der Waals surface area contributed by atoms with Crippen LogP contribution in [0.25, 0.3) is 6.08 Å². The molecule has 1 aliphatic heterocycles. The average molecular weight is 463 g/mol. The summed E-state index contributed by atoms with van der Waals surface area (Å²) in [5.74, 6) is 0.310. The first-order valence-corrected chi connectivity index (χ1v) is 11.6. The molecule has 0 fully saturated rings. The molecule has 7 heteroatoms. The molecule has 0 spiro atoms. The summed E-state index contributed by atoms with van der Waals surface area (Å²) in [6.45, 7) is 7.78. The molecule has 170 valence electrons. The van der Waals surface area contributed by atoms with Gasteiger partial charge in [0.15, 0.2) is 4.80 Å². The first-order valence-electron chi connectivity index (χ1n) is 10.7. The van der Waals surface area contributed by atoms with Crippen molar-refractivity contribution in [3.63, 3.8) is 0 Å². The van der Waals surface area contributed by atoms with Gasteiger partial charge in [0.05, 0.1) is 35.6 Å². The van der Waals surface area contributed by atoms with Crippen molar-refractivity contribution < 1.29 is 14.3 Å². The van der Waals surface area contributed by atoms with Crippen LogP contribution in [-0.4, -0.2) is 24.3 Å². The van der Waals surface area contributed by atoms with E-state index in [0.717, 1.165) is 28.0 Å². The van der Waals surface area contributed by atoms with Gasteiger partial charge in [-0.05, 0) is 62.6 Å². The number of fused-ring (bicyclic) bond motifs is 1. The maximum Gasteiger partial charge on any atom is 0.338 e. The highest BCUT2D eigenvalue weighted by molar-refractivity contribution is 7.07. The van der Waals surface area contributed by atoms with Gasteiger partial charge in [-0.15, -0.1) is 0 Å². The Labute approximate surface area is 196 Å². The second kappa shape index (κ2) is 9.19. The molecule has 3 aromatic rings. The van der Waals surface area contributed by atoms with Gasteiger partial charge in [0.1, 0.15) is 5.75 Å². The number of hydrogen-bond acceptors (Lipinski definition) is 6. The van der Waals surface area contributed by atoms with Gasteiger partial charge >= 0.3 is 5.97 Å². The summed E-state index contributed by atoms with van der Waals surface area (Å²) in [6, 6.07) is 13.0. The highest BCUT2D eigenvalue weighted by Crippen LogP contribution is 2.30. The van der Waals surface area contributed by atoms with Crippen LogP contribution in [0.4, 0.5) is 0 Å². The van der Waals surface area contributed by atoms with Gasteiger partial charge in [0.25, 0.3) is 5.56 Å². The summed E-state index contributed by atoms with van der Waals surface area (Å²) < 4.78 is 12.8. The van der Waals surface area contributed by atoms with Crippen LogP contribution >= 0.6 is 11.3 Å². The quantitative estimate of drug-likeness (QED) is 0.545. The minimum Gasteiger partial charge on any atom is -0.497 e. The summed E-state index contributed by atoms with van der Waals surface area (Å²) >= 11 is 1.32. The molecule has 6 nitrogen and oxygen atoms in total. The fourth-order valence-electron chi connectivity index (χ4n) is 3.93. The molecule has 2 aromatic carbocycles. The molecule has 0 saturated carbocycles. The Morgan fingerprint density at radius 3 is 2.52 bits per heavy atom. The Bertz CT molecular complexity index is 1430. The summed E-state index contributed by atoms with van der Waals surface area (Å²) in [6.07, 6.45) is 1.87. The Kier molecular flexibility index (Phi) is 6.33. The predicted octanol–water partition coefficient (Wildman–Crippen LogP) is 3.42. The first-order chi connectivity index (χ1) is 15.8. The number of benzene rings is 2. The topological polar surface area (TPSA) is 69.9 Å². The fraction of sp³-hybridized carbons (Fsp3) is 0.269. The lowest BCUT2D eigenvalue weighted by Crippen LogP contribution is -2.39. The molecule has 0 radical (unpaired) electrons. The molecule has 1 aliphatic rings. The number of allylic oxidation sites excluding steroid dienone is 1. The van der Waals surface area contributed by atoms with Crippen LogP contribution in [0.5, 0.6) is 5.75 Å². The van der Waals surface area contributed by atoms with Crippen molar-refractivity contribution in [2.75, 3.05) is 13.7 Å². The van der Waals surface area contributed by atoms with Crippen LogP contribution in [0, 0.1) is 13.8 Å². The SMILES string of the molecule is CCOC(=O)C1=C(C)N=c2s/c(=C/c3ccc(OC)cc3C)c(=O)n2[C@H]1c1ccc(C)cc1. The van der Waals surface area contributed by atoms with E-state index < -0.39 is 12.0 Å².